The zero-order chi connectivity index (χ0) is 22.7. The van der Waals surface area contributed by atoms with Gasteiger partial charge in [-0.1, -0.05) is 0 Å². The number of nitrogens with zero attached hydrogens (tertiary/aromatic N) is 9. The number of terminal acetylenes is 1. The second-order valence-corrected chi connectivity index (χ2v) is 7.76. The molecule has 3 aromatic rings. The largest absolute Gasteiger partial charge is 0.486 e. The summed E-state index contributed by atoms with van der Waals surface area (Å²) in [5.41, 5.74) is 1.09. The van der Waals surface area contributed by atoms with E-state index in [4.69, 9.17) is 15.9 Å². The molecular weight excluding hydrogens is 424 g/mol. The number of aryl methyl sites for hydroxylation is 1. The Balaban J connectivity index is 1.40. The highest BCUT2D eigenvalue weighted by atomic mass is 16.6. The summed E-state index contributed by atoms with van der Waals surface area (Å²) in [6.45, 7) is 4.29. The van der Waals surface area contributed by atoms with E-state index < -0.39 is 6.04 Å². The summed E-state index contributed by atoms with van der Waals surface area (Å²) < 4.78 is 13.0. The van der Waals surface area contributed by atoms with Crippen LogP contribution in [0.5, 0.6) is 11.5 Å². The van der Waals surface area contributed by atoms with Crippen LogP contribution in [0.1, 0.15) is 43.7 Å². The SMILES string of the molecule is C#CCCC1(CCNC(c2cnn(CC)n2)c2nnnn2-c2ccc3c(c2)OCCO3)N=N1. The van der Waals surface area contributed by atoms with Gasteiger partial charge in [-0.25, -0.2) is 0 Å². The third-order valence-corrected chi connectivity index (χ3v) is 5.58. The van der Waals surface area contributed by atoms with Crippen LogP contribution in [0.4, 0.5) is 0 Å². The van der Waals surface area contributed by atoms with Crippen molar-refractivity contribution in [1.82, 2.24) is 40.5 Å². The molecule has 1 N–H and O–H groups in total. The van der Waals surface area contributed by atoms with Crippen molar-refractivity contribution in [1.29, 1.82) is 0 Å². The molecule has 0 saturated heterocycles. The molecule has 0 radical (unpaired) electrons. The Morgan fingerprint density at radius 1 is 1.21 bits per heavy atom. The van der Waals surface area contributed by atoms with E-state index in [1.54, 1.807) is 15.7 Å². The van der Waals surface area contributed by atoms with Crippen LogP contribution in [0.25, 0.3) is 5.69 Å². The van der Waals surface area contributed by atoms with E-state index in [1.165, 1.54) is 0 Å². The molecule has 4 heterocycles. The summed E-state index contributed by atoms with van der Waals surface area (Å²) in [5, 5.41) is 33.3. The van der Waals surface area contributed by atoms with Gasteiger partial charge in [0.15, 0.2) is 23.0 Å². The molecule has 1 atom stereocenters. The standard InChI is InChI=1S/C21H24N10O2/c1-3-5-8-21(26-27-21)9-10-22-19(16-14-23-30(4-2)25-16)20-24-28-29-31(20)15-6-7-17-18(13-15)33-12-11-32-17/h1,6-7,13-14,19,22H,4-5,8-12H2,2H3. The van der Waals surface area contributed by atoms with Gasteiger partial charge in [0.25, 0.3) is 0 Å². The van der Waals surface area contributed by atoms with E-state index in [9.17, 15) is 0 Å². The smallest absolute Gasteiger partial charge is 0.193 e. The third-order valence-electron chi connectivity index (χ3n) is 5.58. The van der Waals surface area contributed by atoms with E-state index in [2.05, 4.69) is 47.2 Å². The number of benzene rings is 1. The van der Waals surface area contributed by atoms with Gasteiger partial charge in [0.1, 0.15) is 24.9 Å². The molecule has 0 amide bonds. The molecule has 0 spiro atoms. The lowest BCUT2D eigenvalue weighted by Gasteiger charge is -2.20. The third kappa shape index (κ3) is 4.40. The zero-order valence-electron chi connectivity index (χ0n) is 18.3. The van der Waals surface area contributed by atoms with Gasteiger partial charge in [0.05, 0.1) is 18.4 Å². The summed E-state index contributed by atoms with van der Waals surface area (Å²) in [4.78, 5) is 1.63. The molecule has 2 aliphatic rings. The lowest BCUT2D eigenvalue weighted by molar-refractivity contribution is 0.171. The van der Waals surface area contributed by atoms with E-state index in [0.717, 1.165) is 18.5 Å². The highest BCUT2D eigenvalue weighted by Crippen LogP contribution is 2.36. The van der Waals surface area contributed by atoms with E-state index in [0.29, 0.717) is 55.7 Å². The molecule has 0 aliphatic carbocycles. The van der Waals surface area contributed by atoms with Gasteiger partial charge in [0.2, 0.25) is 0 Å². The summed E-state index contributed by atoms with van der Waals surface area (Å²) in [6, 6.07) is 5.22. The second-order valence-electron chi connectivity index (χ2n) is 7.76. The first kappa shape index (κ1) is 21.0. The van der Waals surface area contributed by atoms with Gasteiger partial charge in [-0.3, -0.25) is 0 Å². The highest BCUT2D eigenvalue weighted by molar-refractivity contribution is 5.49. The van der Waals surface area contributed by atoms with Crippen molar-refractivity contribution >= 4 is 0 Å². The van der Waals surface area contributed by atoms with Crippen molar-refractivity contribution in [2.75, 3.05) is 19.8 Å². The fraction of sp³-hybridized carbons (Fsp3) is 0.476. The Kier molecular flexibility index (Phi) is 5.70. The average Bonchev–Trinajstić information content (AvgIpc) is 3.23. The highest BCUT2D eigenvalue weighted by Gasteiger charge is 2.39. The first-order chi connectivity index (χ1) is 16.2. The van der Waals surface area contributed by atoms with Crippen LogP contribution in [-0.2, 0) is 6.54 Å². The average molecular weight is 448 g/mol. The molecule has 33 heavy (non-hydrogen) atoms. The van der Waals surface area contributed by atoms with Crippen LogP contribution in [0.15, 0.2) is 34.6 Å². The number of hydrogen-bond acceptors (Lipinski definition) is 10. The molecule has 12 heteroatoms. The maximum absolute atomic E-state index is 5.72. The van der Waals surface area contributed by atoms with Crippen LogP contribution in [0.2, 0.25) is 0 Å². The molecule has 170 valence electrons. The molecule has 0 fully saturated rings. The quantitative estimate of drug-likeness (QED) is 0.464. The van der Waals surface area contributed by atoms with E-state index in [1.807, 2.05) is 25.1 Å². The van der Waals surface area contributed by atoms with E-state index >= 15 is 0 Å². The lowest BCUT2D eigenvalue weighted by Crippen LogP contribution is -2.30. The summed E-state index contributed by atoms with van der Waals surface area (Å²) in [6.07, 6.45) is 9.24. The number of nitrogens with one attached hydrogen (secondary N) is 1. The van der Waals surface area contributed by atoms with Crippen LogP contribution in [0.3, 0.4) is 0 Å². The van der Waals surface area contributed by atoms with Crippen LogP contribution < -0.4 is 14.8 Å². The van der Waals surface area contributed by atoms with Crippen LogP contribution >= 0.6 is 0 Å². The number of aromatic nitrogens is 7. The molecule has 2 aromatic heterocycles. The molecule has 1 aromatic carbocycles. The fourth-order valence-corrected chi connectivity index (χ4v) is 3.73. The monoisotopic (exact) mass is 448 g/mol. The summed E-state index contributed by atoms with van der Waals surface area (Å²) in [7, 11) is 0. The number of fused-ring (bicyclic) bond motifs is 1. The minimum absolute atomic E-state index is 0.382. The maximum atomic E-state index is 5.72. The second kappa shape index (κ2) is 8.95. The van der Waals surface area contributed by atoms with Crippen LogP contribution in [-0.4, -0.2) is 60.6 Å². The van der Waals surface area contributed by atoms with Crippen LogP contribution in [0, 0.1) is 12.3 Å². The van der Waals surface area contributed by atoms with Crippen molar-refractivity contribution in [3.8, 4) is 29.5 Å². The Morgan fingerprint density at radius 2 is 2.06 bits per heavy atom. The number of rotatable bonds is 10. The van der Waals surface area contributed by atoms with E-state index in [-0.39, 0.29) is 5.66 Å². The Labute approximate surface area is 190 Å². The molecule has 12 nitrogen and oxygen atoms in total. The van der Waals surface area contributed by atoms with Gasteiger partial charge in [-0.2, -0.15) is 29.9 Å². The maximum Gasteiger partial charge on any atom is 0.193 e. The first-order valence-corrected chi connectivity index (χ1v) is 10.9. The van der Waals surface area contributed by atoms with Crippen molar-refractivity contribution < 1.29 is 9.47 Å². The predicted octanol–water partition coefficient (Wildman–Crippen LogP) is 1.69. The molecule has 0 saturated carbocycles. The summed E-state index contributed by atoms with van der Waals surface area (Å²) >= 11 is 0. The van der Waals surface area contributed by atoms with Crippen molar-refractivity contribution in [2.45, 2.75) is 44.4 Å². The Bertz CT molecular complexity index is 1190. The summed E-state index contributed by atoms with van der Waals surface area (Å²) in [5.74, 6) is 4.60. The minimum atomic E-state index is -0.392. The molecule has 0 bridgehead atoms. The number of ether oxygens (including phenoxy) is 2. The van der Waals surface area contributed by atoms with Crippen molar-refractivity contribution in [3.05, 3.63) is 35.9 Å². The minimum Gasteiger partial charge on any atom is -0.486 e. The molecular formula is C21H24N10O2. The normalized spacial score (nSPS) is 16.4. The first-order valence-electron chi connectivity index (χ1n) is 10.9. The lowest BCUT2D eigenvalue weighted by atomic mass is 10.0. The fourth-order valence-electron chi connectivity index (χ4n) is 3.73. The predicted molar refractivity (Wildman–Crippen MR) is 116 cm³/mol. The topological polar surface area (TPSA) is 130 Å². The Hall–Kier alpha value is -3.85. The van der Waals surface area contributed by atoms with Gasteiger partial charge in [-0.15, -0.1) is 17.4 Å². The zero-order valence-corrected chi connectivity index (χ0v) is 18.3. The number of hydrogen-bond donors (Lipinski definition) is 1. The molecule has 5 rings (SSSR count). The van der Waals surface area contributed by atoms with Crippen molar-refractivity contribution in [2.24, 2.45) is 10.2 Å². The van der Waals surface area contributed by atoms with Crippen molar-refractivity contribution in [3.63, 3.8) is 0 Å². The molecule has 2 aliphatic heterocycles. The van der Waals surface area contributed by atoms with Gasteiger partial charge in [-0.05, 0) is 29.5 Å². The van der Waals surface area contributed by atoms with Gasteiger partial charge in [0, 0.05) is 31.9 Å². The molecule has 1 unspecified atom stereocenters. The van der Waals surface area contributed by atoms with Gasteiger partial charge < -0.3 is 14.8 Å². The van der Waals surface area contributed by atoms with Gasteiger partial charge >= 0.3 is 0 Å². The Morgan fingerprint density at radius 3 is 2.82 bits per heavy atom. The number of tetrazole rings is 1.